The fourth-order valence-electron chi connectivity index (χ4n) is 3.78. The van der Waals surface area contributed by atoms with E-state index in [1.807, 2.05) is 45.0 Å². The Balaban J connectivity index is 1.68. The van der Waals surface area contributed by atoms with E-state index in [1.54, 1.807) is 17.3 Å². The molecule has 2 aliphatic rings. The molecule has 7 heteroatoms. The lowest BCUT2D eigenvalue weighted by Gasteiger charge is -2.31. The smallest absolute Gasteiger partial charge is 0.260 e. The van der Waals surface area contributed by atoms with E-state index in [2.05, 4.69) is 25.9 Å². The Kier molecular flexibility index (Phi) is 6.04. The molecule has 0 saturated carbocycles. The molecule has 0 aromatic carbocycles. The SMILES string of the molecule is CC(C)(C)N1C(=O)/C(=C\c2ncc(Br)cc2COC2CCCCO2)c2cccnc21. The van der Waals surface area contributed by atoms with Crippen molar-refractivity contribution < 1.29 is 14.3 Å². The number of pyridine rings is 2. The monoisotopic (exact) mass is 471 g/mol. The number of anilines is 1. The number of nitrogens with zero attached hydrogens (tertiary/aromatic N) is 3. The van der Waals surface area contributed by atoms with Gasteiger partial charge in [0.15, 0.2) is 6.29 Å². The summed E-state index contributed by atoms with van der Waals surface area (Å²) >= 11 is 3.49. The summed E-state index contributed by atoms with van der Waals surface area (Å²) in [5.74, 6) is 0.621. The lowest BCUT2D eigenvalue weighted by atomic mass is 10.1. The maximum Gasteiger partial charge on any atom is 0.260 e. The van der Waals surface area contributed by atoms with Gasteiger partial charge in [-0.25, -0.2) is 4.98 Å². The lowest BCUT2D eigenvalue weighted by molar-refractivity contribution is -0.169. The van der Waals surface area contributed by atoms with Crippen LogP contribution in [-0.4, -0.2) is 34.3 Å². The molecule has 4 rings (SSSR count). The number of carbonyl (C=O) groups excluding carboxylic acids is 1. The number of aromatic nitrogens is 2. The number of carbonyl (C=O) groups is 1. The fourth-order valence-corrected chi connectivity index (χ4v) is 4.16. The Bertz CT molecular complexity index is 978. The van der Waals surface area contributed by atoms with Gasteiger partial charge in [-0.15, -0.1) is 0 Å². The van der Waals surface area contributed by atoms with Crippen LogP contribution >= 0.6 is 15.9 Å². The van der Waals surface area contributed by atoms with Crippen LogP contribution in [-0.2, 0) is 20.9 Å². The summed E-state index contributed by atoms with van der Waals surface area (Å²) in [4.78, 5) is 24.1. The Labute approximate surface area is 185 Å². The van der Waals surface area contributed by atoms with Gasteiger partial charge in [0.25, 0.3) is 5.91 Å². The molecule has 6 nitrogen and oxygen atoms in total. The quantitative estimate of drug-likeness (QED) is 0.589. The van der Waals surface area contributed by atoms with Crippen molar-refractivity contribution in [2.45, 2.75) is 58.5 Å². The van der Waals surface area contributed by atoms with Crippen molar-refractivity contribution in [3.8, 4) is 0 Å². The average molecular weight is 472 g/mol. The zero-order chi connectivity index (χ0) is 21.3. The van der Waals surface area contributed by atoms with Crippen LogP contribution in [0.4, 0.5) is 5.82 Å². The second-order valence-corrected chi connectivity index (χ2v) is 9.46. The third kappa shape index (κ3) is 4.33. The molecule has 1 fully saturated rings. The van der Waals surface area contributed by atoms with E-state index in [9.17, 15) is 4.79 Å². The van der Waals surface area contributed by atoms with E-state index in [0.717, 1.165) is 41.5 Å². The van der Waals surface area contributed by atoms with Gasteiger partial charge in [0.05, 0.1) is 17.9 Å². The van der Waals surface area contributed by atoms with Crippen LogP contribution in [0.25, 0.3) is 11.6 Å². The zero-order valence-electron chi connectivity index (χ0n) is 17.5. The summed E-state index contributed by atoms with van der Waals surface area (Å²) in [5, 5.41) is 0. The van der Waals surface area contributed by atoms with Gasteiger partial charge < -0.3 is 9.47 Å². The van der Waals surface area contributed by atoms with Crippen molar-refractivity contribution in [3.63, 3.8) is 0 Å². The number of amides is 1. The normalized spacial score (nSPS) is 20.7. The maximum absolute atomic E-state index is 13.3. The van der Waals surface area contributed by atoms with Crippen molar-refractivity contribution in [2.75, 3.05) is 11.5 Å². The van der Waals surface area contributed by atoms with E-state index in [-0.39, 0.29) is 17.7 Å². The third-order valence-electron chi connectivity index (χ3n) is 5.20. The van der Waals surface area contributed by atoms with E-state index in [0.29, 0.717) is 23.7 Å². The zero-order valence-corrected chi connectivity index (χ0v) is 19.1. The highest BCUT2D eigenvalue weighted by molar-refractivity contribution is 9.10. The number of fused-ring (bicyclic) bond motifs is 1. The third-order valence-corrected chi connectivity index (χ3v) is 5.64. The van der Waals surface area contributed by atoms with Gasteiger partial charge in [-0.3, -0.25) is 14.7 Å². The topological polar surface area (TPSA) is 64.6 Å². The lowest BCUT2D eigenvalue weighted by Crippen LogP contribution is -2.43. The Hall–Kier alpha value is -2.09. The molecule has 1 saturated heterocycles. The molecule has 2 aromatic heterocycles. The van der Waals surface area contributed by atoms with E-state index in [1.165, 1.54) is 0 Å². The van der Waals surface area contributed by atoms with Gasteiger partial charge in [-0.2, -0.15) is 0 Å². The van der Waals surface area contributed by atoms with Crippen molar-refractivity contribution in [2.24, 2.45) is 0 Å². The van der Waals surface area contributed by atoms with Crippen molar-refractivity contribution in [1.29, 1.82) is 0 Å². The van der Waals surface area contributed by atoms with E-state index >= 15 is 0 Å². The van der Waals surface area contributed by atoms with Crippen LogP contribution in [0.3, 0.4) is 0 Å². The summed E-state index contributed by atoms with van der Waals surface area (Å²) in [6, 6.07) is 5.77. The predicted molar refractivity (Wildman–Crippen MR) is 120 cm³/mol. The molecule has 0 spiro atoms. The molecule has 2 aliphatic heterocycles. The minimum absolute atomic E-state index is 0.0663. The highest BCUT2D eigenvalue weighted by Crippen LogP contribution is 2.40. The molecule has 2 aromatic rings. The first-order valence-electron chi connectivity index (χ1n) is 10.2. The summed E-state index contributed by atoms with van der Waals surface area (Å²) < 4.78 is 12.5. The molecule has 1 atom stereocenters. The minimum Gasteiger partial charge on any atom is -0.353 e. The van der Waals surface area contributed by atoms with Gasteiger partial charge in [0.1, 0.15) is 5.82 Å². The molecule has 4 heterocycles. The van der Waals surface area contributed by atoms with E-state index < -0.39 is 0 Å². The first-order valence-corrected chi connectivity index (χ1v) is 11.0. The Morgan fingerprint density at radius 1 is 1.33 bits per heavy atom. The molecule has 30 heavy (non-hydrogen) atoms. The summed E-state index contributed by atoms with van der Waals surface area (Å²) in [6.45, 7) is 7.13. The first-order chi connectivity index (χ1) is 14.3. The largest absolute Gasteiger partial charge is 0.353 e. The fraction of sp³-hybridized carbons (Fsp3) is 0.435. The van der Waals surface area contributed by atoms with Gasteiger partial charge in [0.2, 0.25) is 0 Å². The summed E-state index contributed by atoms with van der Waals surface area (Å²) in [6.07, 6.45) is 8.20. The maximum atomic E-state index is 13.3. The van der Waals surface area contributed by atoms with Crippen LogP contribution in [0.5, 0.6) is 0 Å². The number of ether oxygens (including phenoxy) is 2. The number of halogens is 1. The van der Waals surface area contributed by atoms with Crippen LogP contribution in [0, 0.1) is 0 Å². The van der Waals surface area contributed by atoms with Crippen LogP contribution in [0.1, 0.15) is 56.9 Å². The molecule has 158 valence electrons. The summed E-state index contributed by atoms with van der Waals surface area (Å²) in [5.41, 5.74) is 2.65. The second kappa shape index (κ2) is 8.57. The second-order valence-electron chi connectivity index (χ2n) is 8.55. The van der Waals surface area contributed by atoms with Gasteiger partial charge in [0, 0.05) is 40.1 Å². The number of rotatable bonds is 4. The number of hydrogen-bond donors (Lipinski definition) is 0. The van der Waals surface area contributed by atoms with Gasteiger partial charge in [-0.1, -0.05) is 0 Å². The van der Waals surface area contributed by atoms with Gasteiger partial charge in [-0.05, 0) is 80.2 Å². The number of hydrogen-bond acceptors (Lipinski definition) is 5. The molecule has 1 amide bonds. The standard InChI is InChI=1S/C23H26BrN3O3/c1-23(2,3)27-21-17(7-6-9-25-21)18(22(27)28)12-19-15(11-16(24)13-26-19)14-30-20-8-4-5-10-29-20/h6-7,9,11-13,20H,4-5,8,10,14H2,1-3H3/b18-12-. The molecular weight excluding hydrogens is 446 g/mol. The molecule has 0 bridgehead atoms. The van der Waals surface area contributed by atoms with Crippen molar-refractivity contribution in [1.82, 2.24) is 9.97 Å². The first kappa shape index (κ1) is 21.2. The van der Waals surface area contributed by atoms with Crippen LogP contribution < -0.4 is 4.90 Å². The molecule has 0 N–H and O–H groups in total. The molecule has 1 unspecified atom stereocenters. The van der Waals surface area contributed by atoms with Crippen molar-refractivity contribution in [3.05, 3.63) is 51.9 Å². The molecule has 0 radical (unpaired) electrons. The Morgan fingerprint density at radius 3 is 2.90 bits per heavy atom. The van der Waals surface area contributed by atoms with Crippen molar-refractivity contribution >= 4 is 39.3 Å². The highest BCUT2D eigenvalue weighted by atomic mass is 79.9. The average Bonchev–Trinajstić information content (AvgIpc) is 3.00. The van der Waals surface area contributed by atoms with Gasteiger partial charge >= 0.3 is 0 Å². The Morgan fingerprint density at radius 2 is 2.17 bits per heavy atom. The van der Waals surface area contributed by atoms with Crippen LogP contribution in [0.15, 0.2) is 35.1 Å². The highest BCUT2D eigenvalue weighted by Gasteiger charge is 2.40. The predicted octanol–water partition coefficient (Wildman–Crippen LogP) is 4.97. The van der Waals surface area contributed by atoms with Crippen LogP contribution in [0.2, 0.25) is 0 Å². The van der Waals surface area contributed by atoms with E-state index in [4.69, 9.17) is 9.47 Å². The summed E-state index contributed by atoms with van der Waals surface area (Å²) in [7, 11) is 0. The molecule has 0 aliphatic carbocycles. The molecular formula is C23H26BrN3O3. The minimum atomic E-state index is -0.382.